The fourth-order valence-electron chi connectivity index (χ4n) is 3.15. The molecule has 0 saturated carbocycles. The minimum Gasteiger partial charge on any atom is -0.496 e. The van der Waals surface area contributed by atoms with Crippen LogP contribution >= 0.6 is 0 Å². The molecule has 2 rings (SSSR count). The third-order valence-corrected chi connectivity index (χ3v) is 6.03. The van der Waals surface area contributed by atoms with Crippen LogP contribution in [-0.2, 0) is 21.4 Å². The van der Waals surface area contributed by atoms with Crippen molar-refractivity contribution >= 4 is 21.6 Å². The van der Waals surface area contributed by atoms with Gasteiger partial charge in [0.1, 0.15) is 11.8 Å². The third-order valence-electron chi connectivity index (χ3n) is 4.79. The molecule has 6 nitrogen and oxygen atoms in total. The summed E-state index contributed by atoms with van der Waals surface area (Å²) in [5, 5.41) is 0. The lowest BCUT2D eigenvalue weighted by Gasteiger charge is -2.31. The molecule has 0 spiro atoms. The van der Waals surface area contributed by atoms with E-state index in [2.05, 4.69) is 0 Å². The Morgan fingerprint density at radius 2 is 1.75 bits per heavy atom. The molecule has 2 aromatic rings. The summed E-state index contributed by atoms with van der Waals surface area (Å²) >= 11 is 0. The van der Waals surface area contributed by atoms with Gasteiger partial charge in [-0.25, -0.2) is 8.42 Å². The molecule has 0 fully saturated rings. The van der Waals surface area contributed by atoms with Gasteiger partial charge in [-0.2, -0.15) is 0 Å². The fourth-order valence-corrected chi connectivity index (χ4v) is 4.31. The van der Waals surface area contributed by atoms with Crippen molar-refractivity contribution in [2.24, 2.45) is 0 Å². The Balaban J connectivity index is 2.31. The van der Waals surface area contributed by atoms with Crippen molar-refractivity contribution < 1.29 is 17.9 Å². The summed E-state index contributed by atoms with van der Waals surface area (Å²) in [6.45, 7) is 5.80. The molecule has 0 N–H and O–H groups in total. The predicted molar refractivity (Wildman–Crippen MR) is 112 cm³/mol. The van der Waals surface area contributed by atoms with Crippen molar-refractivity contribution in [3.05, 3.63) is 59.2 Å². The Bertz CT molecular complexity index is 957. The number of likely N-dealkylation sites (N-methyl/N-ethyl adjacent to an activating group) is 1. The standard InChI is InChI=1S/C21H28N2O4S/c1-15-11-12-19(13-16(15)2)23(28(6,25)26)17(3)21(24)22(4)14-18-9-7-8-10-20(18)27-5/h7-13,17H,14H2,1-6H3/t17-/m1/s1. The Morgan fingerprint density at radius 1 is 1.11 bits per heavy atom. The number of anilines is 1. The van der Waals surface area contributed by atoms with Crippen LogP contribution in [-0.4, -0.2) is 45.7 Å². The summed E-state index contributed by atoms with van der Waals surface area (Å²) in [6.07, 6.45) is 1.12. The largest absolute Gasteiger partial charge is 0.496 e. The molecule has 152 valence electrons. The number of rotatable bonds is 7. The zero-order chi connectivity index (χ0) is 21.1. The highest BCUT2D eigenvalue weighted by Gasteiger charge is 2.31. The van der Waals surface area contributed by atoms with Crippen LogP contribution in [0.3, 0.4) is 0 Å². The van der Waals surface area contributed by atoms with E-state index in [0.717, 1.165) is 22.9 Å². The van der Waals surface area contributed by atoms with Crippen molar-refractivity contribution in [2.75, 3.05) is 24.7 Å². The van der Waals surface area contributed by atoms with Crippen molar-refractivity contribution in [3.8, 4) is 5.75 Å². The highest BCUT2D eigenvalue weighted by atomic mass is 32.2. The van der Waals surface area contributed by atoms with Gasteiger partial charge in [0.15, 0.2) is 0 Å². The number of nitrogens with zero attached hydrogens (tertiary/aromatic N) is 2. The van der Waals surface area contributed by atoms with Gasteiger partial charge in [-0.3, -0.25) is 9.10 Å². The van der Waals surface area contributed by atoms with Crippen LogP contribution in [0.1, 0.15) is 23.6 Å². The molecule has 1 atom stereocenters. The van der Waals surface area contributed by atoms with Crippen LogP contribution in [0.4, 0.5) is 5.69 Å². The molecule has 0 aliphatic heterocycles. The topological polar surface area (TPSA) is 66.9 Å². The minimum atomic E-state index is -3.65. The zero-order valence-electron chi connectivity index (χ0n) is 17.3. The Hall–Kier alpha value is -2.54. The second-order valence-corrected chi connectivity index (χ2v) is 8.87. The van der Waals surface area contributed by atoms with Gasteiger partial charge in [0.05, 0.1) is 19.1 Å². The van der Waals surface area contributed by atoms with E-state index in [1.807, 2.05) is 44.2 Å². The van der Waals surface area contributed by atoms with Crippen LogP contribution < -0.4 is 9.04 Å². The molecular weight excluding hydrogens is 376 g/mol. The summed E-state index contributed by atoms with van der Waals surface area (Å²) in [5.74, 6) is 0.387. The van der Waals surface area contributed by atoms with Gasteiger partial charge in [-0.15, -0.1) is 0 Å². The number of benzene rings is 2. The van der Waals surface area contributed by atoms with E-state index in [9.17, 15) is 13.2 Å². The number of hydrogen-bond acceptors (Lipinski definition) is 4. The Kier molecular flexibility index (Phi) is 6.72. The second-order valence-electron chi connectivity index (χ2n) is 7.01. The van der Waals surface area contributed by atoms with E-state index in [4.69, 9.17) is 4.74 Å². The smallest absolute Gasteiger partial charge is 0.246 e. The number of carbonyl (C=O) groups excluding carboxylic acids is 1. The molecule has 7 heteroatoms. The summed E-state index contributed by atoms with van der Waals surface area (Å²) < 4.78 is 31.5. The fraction of sp³-hybridized carbons (Fsp3) is 0.381. The molecule has 1 amide bonds. The van der Waals surface area contributed by atoms with Gasteiger partial charge < -0.3 is 9.64 Å². The summed E-state index contributed by atoms with van der Waals surface area (Å²) in [6, 6.07) is 11.9. The predicted octanol–water partition coefficient (Wildman–Crippen LogP) is 3.13. The first-order valence-corrected chi connectivity index (χ1v) is 10.8. The molecule has 0 saturated heterocycles. The molecule has 28 heavy (non-hydrogen) atoms. The van der Waals surface area contributed by atoms with Crippen LogP contribution in [0.15, 0.2) is 42.5 Å². The first-order valence-electron chi connectivity index (χ1n) is 8.99. The molecule has 0 heterocycles. The van der Waals surface area contributed by atoms with Crippen LogP contribution in [0.5, 0.6) is 5.75 Å². The molecule has 0 aromatic heterocycles. The molecule has 0 bridgehead atoms. The van der Waals surface area contributed by atoms with Crippen molar-refractivity contribution in [3.63, 3.8) is 0 Å². The van der Waals surface area contributed by atoms with E-state index in [1.165, 1.54) is 9.21 Å². The van der Waals surface area contributed by atoms with Gasteiger partial charge in [0.25, 0.3) is 0 Å². The second kappa shape index (κ2) is 8.65. The number of hydrogen-bond donors (Lipinski definition) is 0. The number of carbonyl (C=O) groups is 1. The van der Waals surface area contributed by atoms with Gasteiger partial charge in [-0.05, 0) is 50.1 Å². The first-order chi connectivity index (χ1) is 13.1. The lowest BCUT2D eigenvalue weighted by molar-refractivity contribution is -0.131. The van der Waals surface area contributed by atoms with Gasteiger partial charge in [0, 0.05) is 19.2 Å². The minimum absolute atomic E-state index is 0.297. The number of para-hydroxylation sites is 1. The molecule has 0 radical (unpaired) electrons. The van der Waals surface area contributed by atoms with E-state index in [0.29, 0.717) is 18.0 Å². The van der Waals surface area contributed by atoms with Crippen molar-refractivity contribution in [1.82, 2.24) is 4.90 Å². The molecule has 0 aliphatic carbocycles. The van der Waals surface area contributed by atoms with Crippen LogP contribution in [0.25, 0.3) is 0 Å². The average Bonchev–Trinajstić information content (AvgIpc) is 2.63. The lowest BCUT2D eigenvalue weighted by Crippen LogP contribution is -2.48. The normalized spacial score (nSPS) is 12.4. The molecular formula is C21H28N2O4S. The average molecular weight is 405 g/mol. The van der Waals surface area contributed by atoms with E-state index < -0.39 is 16.1 Å². The monoisotopic (exact) mass is 404 g/mol. The van der Waals surface area contributed by atoms with Crippen LogP contribution in [0.2, 0.25) is 0 Å². The summed E-state index contributed by atoms with van der Waals surface area (Å²) in [5.41, 5.74) is 3.36. The van der Waals surface area contributed by atoms with Crippen LogP contribution in [0, 0.1) is 13.8 Å². The maximum Gasteiger partial charge on any atom is 0.246 e. The van der Waals surface area contributed by atoms with Gasteiger partial charge in [-0.1, -0.05) is 24.3 Å². The van der Waals surface area contributed by atoms with E-state index in [1.54, 1.807) is 33.2 Å². The lowest BCUT2D eigenvalue weighted by atomic mass is 10.1. The quantitative estimate of drug-likeness (QED) is 0.711. The Labute approximate surface area is 167 Å². The number of sulfonamides is 1. The first kappa shape index (κ1) is 21.8. The maximum absolute atomic E-state index is 13.0. The van der Waals surface area contributed by atoms with Gasteiger partial charge >= 0.3 is 0 Å². The SMILES string of the molecule is COc1ccccc1CN(C)C(=O)[C@@H](C)N(c1ccc(C)c(C)c1)S(C)(=O)=O. The number of methoxy groups -OCH3 is 1. The molecule has 0 unspecified atom stereocenters. The highest BCUT2D eigenvalue weighted by Crippen LogP contribution is 2.25. The van der Waals surface area contributed by atoms with Gasteiger partial charge in [0.2, 0.25) is 15.9 Å². The third kappa shape index (κ3) is 4.84. The number of ether oxygens (including phenoxy) is 1. The number of amides is 1. The molecule has 0 aliphatic rings. The van der Waals surface area contributed by atoms with Crippen molar-refractivity contribution in [1.29, 1.82) is 0 Å². The van der Waals surface area contributed by atoms with Crippen molar-refractivity contribution in [2.45, 2.75) is 33.4 Å². The highest BCUT2D eigenvalue weighted by molar-refractivity contribution is 7.92. The number of aryl methyl sites for hydroxylation is 2. The Morgan fingerprint density at radius 3 is 2.32 bits per heavy atom. The summed E-state index contributed by atoms with van der Waals surface area (Å²) in [7, 11) is -0.413. The van der Waals surface area contributed by atoms with E-state index >= 15 is 0 Å². The zero-order valence-corrected chi connectivity index (χ0v) is 18.1. The van der Waals surface area contributed by atoms with E-state index in [-0.39, 0.29) is 5.91 Å². The maximum atomic E-state index is 13.0. The molecule has 2 aromatic carbocycles. The summed E-state index contributed by atoms with van der Waals surface area (Å²) in [4.78, 5) is 14.6.